The zero-order valence-electron chi connectivity index (χ0n) is 10.8. The molecule has 98 valence electrons. The first-order chi connectivity index (χ1) is 9.28. The van der Waals surface area contributed by atoms with E-state index in [2.05, 4.69) is 11.4 Å². The van der Waals surface area contributed by atoms with E-state index >= 15 is 0 Å². The molecule has 1 N–H and O–H groups in total. The van der Waals surface area contributed by atoms with E-state index in [4.69, 9.17) is 5.26 Å². The molecule has 0 aliphatic carbocycles. The predicted octanol–water partition coefficient (Wildman–Crippen LogP) is 1.38. The van der Waals surface area contributed by atoms with Crippen molar-refractivity contribution in [1.29, 1.82) is 5.26 Å². The Kier molecular flexibility index (Phi) is 3.22. The van der Waals surface area contributed by atoms with Crippen molar-refractivity contribution >= 4 is 5.91 Å². The van der Waals surface area contributed by atoms with Gasteiger partial charge in [0, 0.05) is 24.7 Å². The number of carbonyl (C=O) groups is 1. The highest BCUT2D eigenvalue weighted by molar-refractivity contribution is 5.94. The molecule has 0 unspecified atom stereocenters. The van der Waals surface area contributed by atoms with Gasteiger partial charge in [-0.1, -0.05) is 0 Å². The molecule has 1 aromatic rings. The average Bonchev–Trinajstić information content (AvgIpc) is 2.90. The van der Waals surface area contributed by atoms with Crippen molar-refractivity contribution in [2.24, 2.45) is 5.92 Å². The Morgan fingerprint density at radius 3 is 2.79 bits per heavy atom. The molecule has 0 spiro atoms. The van der Waals surface area contributed by atoms with Crippen LogP contribution in [-0.2, 0) is 0 Å². The Hall–Kier alpha value is -1.86. The van der Waals surface area contributed by atoms with E-state index in [0.717, 1.165) is 19.6 Å². The summed E-state index contributed by atoms with van der Waals surface area (Å²) in [5, 5.41) is 12.3. The number of likely N-dealkylation sites (tertiary alicyclic amines) is 1. The summed E-state index contributed by atoms with van der Waals surface area (Å²) in [6, 6.07) is 9.44. The molecular formula is C15H17N3O. The minimum atomic E-state index is 0.0840. The highest BCUT2D eigenvalue weighted by atomic mass is 16.2. The van der Waals surface area contributed by atoms with Gasteiger partial charge < -0.3 is 10.2 Å². The lowest BCUT2D eigenvalue weighted by atomic mass is 9.94. The van der Waals surface area contributed by atoms with Crippen molar-refractivity contribution in [2.75, 3.05) is 19.6 Å². The zero-order valence-corrected chi connectivity index (χ0v) is 10.8. The number of benzene rings is 1. The van der Waals surface area contributed by atoms with E-state index in [0.29, 0.717) is 23.1 Å². The summed E-state index contributed by atoms with van der Waals surface area (Å²) < 4.78 is 0. The molecule has 1 aromatic carbocycles. The molecule has 2 fully saturated rings. The molecule has 0 radical (unpaired) electrons. The second kappa shape index (κ2) is 5.02. The van der Waals surface area contributed by atoms with Gasteiger partial charge in [0.15, 0.2) is 0 Å². The number of nitrogens with zero attached hydrogens (tertiary/aromatic N) is 2. The topological polar surface area (TPSA) is 56.1 Å². The third kappa shape index (κ3) is 2.34. The molecule has 0 saturated carbocycles. The molecule has 3 rings (SSSR count). The number of nitriles is 1. The minimum Gasteiger partial charge on any atom is -0.337 e. The Morgan fingerprint density at radius 1 is 1.32 bits per heavy atom. The highest BCUT2D eigenvalue weighted by Gasteiger charge is 2.36. The van der Waals surface area contributed by atoms with Crippen molar-refractivity contribution in [3.63, 3.8) is 0 Å². The summed E-state index contributed by atoms with van der Waals surface area (Å²) in [5.74, 6) is 0.691. The van der Waals surface area contributed by atoms with Crippen LogP contribution in [0.5, 0.6) is 0 Å². The SMILES string of the molecule is N#Cc1ccc(C(=O)N2C[C@@H]3CCCN[C@@H]3C2)cc1. The Morgan fingerprint density at radius 2 is 2.11 bits per heavy atom. The lowest BCUT2D eigenvalue weighted by Gasteiger charge is -2.24. The van der Waals surface area contributed by atoms with E-state index in [1.54, 1.807) is 24.3 Å². The van der Waals surface area contributed by atoms with Crippen molar-refractivity contribution in [3.05, 3.63) is 35.4 Å². The molecule has 2 atom stereocenters. The summed E-state index contributed by atoms with van der Waals surface area (Å²) in [4.78, 5) is 14.3. The van der Waals surface area contributed by atoms with Crippen molar-refractivity contribution in [3.8, 4) is 6.07 Å². The first-order valence-electron chi connectivity index (χ1n) is 6.81. The van der Waals surface area contributed by atoms with Gasteiger partial charge in [-0.2, -0.15) is 5.26 Å². The zero-order chi connectivity index (χ0) is 13.2. The molecular weight excluding hydrogens is 238 g/mol. The molecule has 0 aromatic heterocycles. The lowest BCUT2D eigenvalue weighted by molar-refractivity contribution is 0.0785. The molecule has 4 nitrogen and oxygen atoms in total. The number of carbonyl (C=O) groups excluding carboxylic acids is 1. The minimum absolute atomic E-state index is 0.0840. The van der Waals surface area contributed by atoms with Crippen molar-refractivity contribution < 1.29 is 4.79 Å². The second-order valence-corrected chi connectivity index (χ2v) is 5.36. The number of fused-ring (bicyclic) bond motifs is 1. The highest BCUT2D eigenvalue weighted by Crippen LogP contribution is 2.26. The predicted molar refractivity (Wildman–Crippen MR) is 71.6 cm³/mol. The van der Waals surface area contributed by atoms with Crippen LogP contribution in [0.15, 0.2) is 24.3 Å². The summed E-state index contributed by atoms with van der Waals surface area (Å²) in [6.45, 7) is 2.74. The van der Waals surface area contributed by atoms with Crippen LogP contribution in [0.2, 0.25) is 0 Å². The average molecular weight is 255 g/mol. The van der Waals surface area contributed by atoms with Gasteiger partial charge in [-0.3, -0.25) is 4.79 Å². The van der Waals surface area contributed by atoms with Gasteiger partial charge in [0.2, 0.25) is 0 Å². The van der Waals surface area contributed by atoms with Gasteiger partial charge in [0.05, 0.1) is 11.6 Å². The van der Waals surface area contributed by atoms with Crippen LogP contribution >= 0.6 is 0 Å². The molecule has 2 aliphatic heterocycles. The first kappa shape index (κ1) is 12.2. The second-order valence-electron chi connectivity index (χ2n) is 5.36. The Labute approximate surface area is 113 Å². The maximum absolute atomic E-state index is 12.4. The Bertz CT molecular complexity index is 503. The van der Waals surface area contributed by atoms with Crippen LogP contribution in [-0.4, -0.2) is 36.5 Å². The van der Waals surface area contributed by atoms with Crippen molar-refractivity contribution in [1.82, 2.24) is 10.2 Å². The summed E-state index contributed by atoms with van der Waals surface area (Å²) in [5.41, 5.74) is 1.27. The van der Waals surface area contributed by atoms with Crippen LogP contribution in [0.25, 0.3) is 0 Å². The third-order valence-corrected chi connectivity index (χ3v) is 4.15. The monoisotopic (exact) mass is 255 g/mol. The molecule has 2 aliphatic rings. The molecule has 1 amide bonds. The molecule has 2 heterocycles. The largest absolute Gasteiger partial charge is 0.337 e. The first-order valence-corrected chi connectivity index (χ1v) is 6.81. The lowest BCUT2D eigenvalue weighted by Crippen LogP contribution is -2.41. The molecule has 4 heteroatoms. The van der Waals surface area contributed by atoms with Crippen LogP contribution in [0, 0.1) is 17.2 Å². The van der Waals surface area contributed by atoms with E-state index in [-0.39, 0.29) is 5.91 Å². The third-order valence-electron chi connectivity index (χ3n) is 4.15. The van der Waals surface area contributed by atoms with Crippen molar-refractivity contribution in [2.45, 2.75) is 18.9 Å². The smallest absolute Gasteiger partial charge is 0.253 e. The molecule has 0 bridgehead atoms. The number of amides is 1. The van der Waals surface area contributed by atoms with Gasteiger partial charge >= 0.3 is 0 Å². The van der Waals surface area contributed by atoms with Gasteiger partial charge in [-0.05, 0) is 49.6 Å². The van der Waals surface area contributed by atoms with E-state index in [9.17, 15) is 4.79 Å². The Balaban J connectivity index is 1.72. The van der Waals surface area contributed by atoms with Gasteiger partial charge in [0.1, 0.15) is 0 Å². The molecule has 19 heavy (non-hydrogen) atoms. The van der Waals surface area contributed by atoms with Gasteiger partial charge in [-0.15, -0.1) is 0 Å². The van der Waals surface area contributed by atoms with E-state index < -0.39 is 0 Å². The van der Waals surface area contributed by atoms with Gasteiger partial charge in [0.25, 0.3) is 5.91 Å². The fraction of sp³-hybridized carbons (Fsp3) is 0.467. The number of piperidine rings is 1. The molecule has 2 saturated heterocycles. The van der Waals surface area contributed by atoms with Crippen LogP contribution in [0.1, 0.15) is 28.8 Å². The van der Waals surface area contributed by atoms with Crippen LogP contribution in [0.4, 0.5) is 0 Å². The maximum Gasteiger partial charge on any atom is 0.253 e. The van der Waals surface area contributed by atoms with Gasteiger partial charge in [-0.25, -0.2) is 0 Å². The van der Waals surface area contributed by atoms with Crippen LogP contribution in [0.3, 0.4) is 0 Å². The van der Waals surface area contributed by atoms with E-state index in [1.807, 2.05) is 4.90 Å². The fourth-order valence-electron chi connectivity index (χ4n) is 3.08. The number of rotatable bonds is 1. The summed E-state index contributed by atoms with van der Waals surface area (Å²) >= 11 is 0. The quantitative estimate of drug-likeness (QED) is 0.825. The summed E-state index contributed by atoms with van der Waals surface area (Å²) in [7, 11) is 0. The van der Waals surface area contributed by atoms with Crippen LogP contribution < -0.4 is 5.32 Å². The van der Waals surface area contributed by atoms with E-state index in [1.165, 1.54) is 12.8 Å². The standard InChI is InChI=1S/C15H17N3O/c16-8-11-3-5-12(6-4-11)15(19)18-9-13-2-1-7-17-14(13)10-18/h3-6,13-14,17H,1-2,7,9-10H2/t13-,14+/m0/s1. The number of hydrogen-bond acceptors (Lipinski definition) is 3. The number of hydrogen-bond donors (Lipinski definition) is 1. The maximum atomic E-state index is 12.4. The normalized spacial score (nSPS) is 25.7. The summed E-state index contributed by atoms with van der Waals surface area (Å²) in [6.07, 6.45) is 2.43. The fourth-order valence-corrected chi connectivity index (χ4v) is 3.08. The number of nitrogens with one attached hydrogen (secondary N) is 1.